The summed E-state index contributed by atoms with van der Waals surface area (Å²) in [6.07, 6.45) is 4.53. The molecule has 0 saturated heterocycles. The predicted octanol–water partition coefficient (Wildman–Crippen LogP) is 2.04. The standard InChI is InChI=1S/C8H9BrN2O/c9-6-4-10-5-7-8(6)11-2-1-3-12-7/h4-5,11H,1-3H2. The van der Waals surface area contributed by atoms with E-state index in [4.69, 9.17) is 4.74 Å². The number of halogens is 1. The highest BCUT2D eigenvalue weighted by Crippen LogP contribution is 2.32. The van der Waals surface area contributed by atoms with Crippen LogP contribution in [0.1, 0.15) is 6.42 Å². The highest BCUT2D eigenvalue weighted by atomic mass is 79.9. The minimum Gasteiger partial charge on any atom is -0.490 e. The molecule has 0 fully saturated rings. The molecule has 0 atom stereocenters. The normalized spacial score (nSPS) is 15.4. The molecule has 1 aromatic rings. The van der Waals surface area contributed by atoms with Crippen LogP contribution < -0.4 is 10.1 Å². The fourth-order valence-electron chi connectivity index (χ4n) is 1.17. The first-order valence-electron chi connectivity index (χ1n) is 3.88. The minimum atomic E-state index is 0.762. The molecule has 0 bridgehead atoms. The molecule has 4 heteroatoms. The Morgan fingerprint density at radius 1 is 1.50 bits per heavy atom. The van der Waals surface area contributed by atoms with Gasteiger partial charge < -0.3 is 10.1 Å². The Bertz CT molecular complexity index is 290. The topological polar surface area (TPSA) is 34.2 Å². The predicted molar refractivity (Wildman–Crippen MR) is 50.5 cm³/mol. The highest BCUT2D eigenvalue weighted by molar-refractivity contribution is 9.10. The van der Waals surface area contributed by atoms with Crippen molar-refractivity contribution in [3.05, 3.63) is 16.9 Å². The van der Waals surface area contributed by atoms with Crippen molar-refractivity contribution in [2.45, 2.75) is 6.42 Å². The average molecular weight is 229 g/mol. The SMILES string of the molecule is Brc1cncc2c1NCCCO2. The van der Waals surface area contributed by atoms with E-state index in [1.807, 2.05) is 0 Å². The molecule has 1 aliphatic rings. The average Bonchev–Trinajstić information content (AvgIpc) is 2.30. The van der Waals surface area contributed by atoms with Crippen LogP contribution in [0.4, 0.5) is 5.69 Å². The van der Waals surface area contributed by atoms with Gasteiger partial charge in [-0.1, -0.05) is 0 Å². The molecule has 2 rings (SSSR count). The molecule has 1 aliphatic heterocycles. The number of nitrogens with zero attached hydrogens (tertiary/aromatic N) is 1. The molecule has 0 saturated carbocycles. The molecule has 0 unspecified atom stereocenters. The molecule has 3 nitrogen and oxygen atoms in total. The lowest BCUT2D eigenvalue weighted by Crippen LogP contribution is -2.00. The second-order valence-corrected chi connectivity index (χ2v) is 3.48. The van der Waals surface area contributed by atoms with Crippen molar-refractivity contribution in [1.29, 1.82) is 0 Å². The van der Waals surface area contributed by atoms with Gasteiger partial charge in [-0.05, 0) is 22.4 Å². The lowest BCUT2D eigenvalue weighted by Gasteiger charge is -2.07. The summed E-state index contributed by atoms with van der Waals surface area (Å²) in [6, 6.07) is 0. The molecule has 2 heterocycles. The summed E-state index contributed by atoms with van der Waals surface area (Å²) in [7, 11) is 0. The van der Waals surface area contributed by atoms with E-state index in [-0.39, 0.29) is 0 Å². The summed E-state index contributed by atoms with van der Waals surface area (Å²) in [5, 5.41) is 3.28. The van der Waals surface area contributed by atoms with E-state index < -0.39 is 0 Å². The Morgan fingerprint density at radius 3 is 3.33 bits per heavy atom. The van der Waals surface area contributed by atoms with Gasteiger partial charge in [-0.2, -0.15) is 0 Å². The van der Waals surface area contributed by atoms with Crippen molar-refractivity contribution in [3.8, 4) is 5.75 Å². The smallest absolute Gasteiger partial charge is 0.161 e. The maximum atomic E-state index is 5.47. The van der Waals surface area contributed by atoms with Gasteiger partial charge in [0.2, 0.25) is 0 Å². The molecular formula is C8H9BrN2O. The van der Waals surface area contributed by atoms with Crippen molar-refractivity contribution in [3.63, 3.8) is 0 Å². The lowest BCUT2D eigenvalue weighted by atomic mass is 10.4. The van der Waals surface area contributed by atoms with Crippen LogP contribution in [0.25, 0.3) is 0 Å². The summed E-state index contributed by atoms with van der Waals surface area (Å²) in [5.41, 5.74) is 1.02. The number of fused-ring (bicyclic) bond motifs is 1. The van der Waals surface area contributed by atoms with Crippen molar-refractivity contribution in [1.82, 2.24) is 4.98 Å². The van der Waals surface area contributed by atoms with Crippen molar-refractivity contribution in [2.75, 3.05) is 18.5 Å². The minimum absolute atomic E-state index is 0.762. The molecule has 0 spiro atoms. The van der Waals surface area contributed by atoms with Crippen LogP contribution in [0.2, 0.25) is 0 Å². The maximum Gasteiger partial charge on any atom is 0.161 e. The fourth-order valence-corrected chi connectivity index (χ4v) is 1.62. The Morgan fingerprint density at radius 2 is 2.42 bits per heavy atom. The third-order valence-electron chi connectivity index (χ3n) is 1.75. The van der Waals surface area contributed by atoms with E-state index in [9.17, 15) is 0 Å². The van der Waals surface area contributed by atoms with Gasteiger partial charge in [-0.15, -0.1) is 0 Å². The van der Waals surface area contributed by atoms with Gasteiger partial charge in [0.15, 0.2) is 5.75 Å². The quantitative estimate of drug-likeness (QED) is 0.739. The summed E-state index contributed by atoms with van der Waals surface area (Å²) < 4.78 is 6.43. The first-order chi connectivity index (χ1) is 5.88. The van der Waals surface area contributed by atoms with Gasteiger partial charge >= 0.3 is 0 Å². The third kappa shape index (κ3) is 1.39. The first-order valence-corrected chi connectivity index (χ1v) is 4.67. The summed E-state index contributed by atoms with van der Waals surface area (Å²) in [5.74, 6) is 0.835. The van der Waals surface area contributed by atoms with E-state index in [2.05, 4.69) is 26.2 Å². The number of pyridine rings is 1. The first kappa shape index (κ1) is 7.86. The number of hydrogen-bond acceptors (Lipinski definition) is 3. The zero-order valence-corrected chi connectivity index (χ0v) is 8.10. The van der Waals surface area contributed by atoms with E-state index in [0.717, 1.165) is 35.5 Å². The zero-order valence-electron chi connectivity index (χ0n) is 6.51. The summed E-state index contributed by atoms with van der Waals surface area (Å²) in [6.45, 7) is 1.72. The molecule has 1 aromatic heterocycles. The van der Waals surface area contributed by atoms with Gasteiger partial charge in [0.05, 0.1) is 23.0 Å². The van der Waals surface area contributed by atoms with Crippen molar-refractivity contribution >= 4 is 21.6 Å². The maximum absolute atomic E-state index is 5.47. The van der Waals surface area contributed by atoms with Gasteiger partial charge in [-0.25, -0.2) is 0 Å². The molecule has 0 aliphatic carbocycles. The van der Waals surface area contributed by atoms with Crippen LogP contribution in [0.5, 0.6) is 5.75 Å². The van der Waals surface area contributed by atoms with Crippen molar-refractivity contribution in [2.24, 2.45) is 0 Å². The second kappa shape index (κ2) is 3.31. The van der Waals surface area contributed by atoms with E-state index >= 15 is 0 Å². The fraction of sp³-hybridized carbons (Fsp3) is 0.375. The van der Waals surface area contributed by atoms with Gasteiger partial charge in [-0.3, -0.25) is 4.98 Å². The van der Waals surface area contributed by atoms with Gasteiger partial charge in [0.1, 0.15) is 0 Å². The Hall–Kier alpha value is -0.770. The lowest BCUT2D eigenvalue weighted by molar-refractivity contribution is 0.321. The largest absolute Gasteiger partial charge is 0.490 e. The monoisotopic (exact) mass is 228 g/mol. The van der Waals surface area contributed by atoms with Crippen LogP contribution in [-0.4, -0.2) is 18.1 Å². The van der Waals surface area contributed by atoms with Crippen LogP contribution in [0.15, 0.2) is 16.9 Å². The van der Waals surface area contributed by atoms with E-state index in [1.165, 1.54) is 0 Å². The van der Waals surface area contributed by atoms with Crippen LogP contribution in [0, 0.1) is 0 Å². The Balaban J connectivity index is 2.42. The van der Waals surface area contributed by atoms with E-state index in [0.29, 0.717) is 0 Å². The van der Waals surface area contributed by atoms with Crippen molar-refractivity contribution < 1.29 is 4.74 Å². The van der Waals surface area contributed by atoms with Gasteiger partial charge in [0, 0.05) is 12.7 Å². The third-order valence-corrected chi connectivity index (χ3v) is 2.35. The molecule has 64 valence electrons. The molecule has 12 heavy (non-hydrogen) atoms. The van der Waals surface area contributed by atoms with Crippen LogP contribution >= 0.6 is 15.9 Å². The number of rotatable bonds is 0. The van der Waals surface area contributed by atoms with Crippen LogP contribution in [-0.2, 0) is 0 Å². The highest BCUT2D eigenvalue weighted by Gasteiger charge is 2.10. The van der Waals surface area contributed by atoms with Crippen LogP contribution in [0.3, 0.4) is 0 Å². The zero-order chi connectivity index (χ0) is 8.39. The Kier molecular flexibility index (Phi) is 2.17. The molecule has 1 N–H and O–H groups in total. The molecule has 0 amide bonds. The number of nitrogens with one attached hydrogen (secondary N) is 1. The molecule has 0 aromatic carbocycles. The second-order valence-electron chi connectivity index (χ2n) is 2.62. The number of hydrogen-bond donors (Lipinski definition) is 1. The summed E-state index contributed by atoms with van der Waals surface area (Å²) in [4.78, 5) is 4.03. The Labute approximate surface area is 79.3 Å². The number of ether oxygens (including phenoxy) is 1. The van der Waals surface area contributed by atoms with Gasteiger partial charge in [0.25, 0.3) is 0 Å². The van der Waals surface area contributed by atoms with E-state index in [1.54, 1.807) is 12.4 Å². The summed E-state index contributed by atoms with van der Waals surface area (Å²) >= 11 is 3.41. The number of aromatic nitrogens is 1. The molecule has 0 radical (unpaired) electrons. The number of anilines is 1. The molecular weight excluding hydrogens is 220 g/mol.